The summed E-state index contributed by atoms with van der Waals surface area (Å²) in [5.74, 6) is 0.400. The lowest BCUT2D eigenvalue weighted by Crippen LogP contribution is -1.97. The number of fused-ring (bicyclic) bond motifs is 1. The summed E-state index contributed by atoms with van der Waals surface area (Å²) >= 11 is 0. The number of imidazole rings is 1. The molecular formula is C10H11N5O. The number of aliphatic hydroxyl groups is 1. The molecule has 2 heterocycles. The first-order valence-electron chi connectivity index (χ1n) is 5.04. The third-order valence-electron chi connectivity index (χ3n) is 2.77. The second-order valence-electron chi connectivity index (χ2n) is 3.76. The van der Waals surface area contributed by atoms with Crippen LogP contribution in [0.2, 0.25) is 0 Å². The van der Waals surface area contributed by atoms with E-state index in [-0.39, 0.29) is 12.6 Å². The van der Waals surface area contributed by atoms with Crippen LogP contribution < -0.4 is 5.73 Å². The standard InChI is InChI=1S/C10H11N5O/c11-9-8-10(13-4-12-9)15(5-14-8)7-3-6(7)1-2-16/h1,4-5,7,16H,2-3H2,(H2,11,12,13)/b6-1+/t7-/m0/s1. The molecule has 1 aliphatic rings. The molecule has 0 radical (unpaired) electrons. The van der Waals surface area contributed by atoms with E-state index in [1.54, 1.807) is 6.33 Å². The molecule has 1 aliphatic carbocycles. The maximum atomic E-state index is 8.80. The fourth-order valence-corrected chi connectivity index (χ4v) is 1.88. The third-order valence-corrected chi connectivity index (χ3v) is 2.77. The van der Waals surface area contributed by atoms with Gasteiger partial charge in [-0.3, -0.25) is 0 Å². The molecule has 6 nitrogen and oxygen atoms in total. The molecule has 0 bridgehead atoms. The molecule has 1 atom stereocenters. The van der Waals surface area contributed by atoms with Crippen molar-refractivity contribution in [2.45, 2.75) is 12.5 Å². The van der Waals surface area contributed by atoms with Crippen molar-refractivity contribution in [3.63, 3.8) is 0 Å². The molecule has 2 aromatic rings. The number of allylic oxidation sites excluding steroid dienone is 1. The molecule has 0 aliphatic heterocycles. The van der Waals surface area contributed by atoms with Crippen LogP contribution in [0.4, 0.5) is 5.82 Å². The summed E-state index contributed by atoms with van der Waals surface area (Å²) in [6.07, 6.45) is 5.92. The van der Waals surface area contributed by atoms with E-state index in [1.807, 2.05) is 10.6 Å². The second kappa shape index (κ2) is 3.28. The highest BCUT2D eigenvalue weighted by atomic mass is 16.2. The van der Waals surface area contributed by atoms with Gasteiger partial charge in [-0.2, -0.15) is 0 Å². The minimum absolute atomic E-state index is 0.0790. The molecule has 3 rings (SSSR count). The Morgan fingerprint density at radius 2 is 2.38 bits per heavy atom. The summed E-state index contributed by atoms with van der Waals surface area (Å²) in [5, 5.41) is 8.80. The Kier molecular flexibility index (Phi) is 1.90. The summed E-state index contributed by atoms with van der Waals surface area (Å²) in [5.41, 5.74) is 8.29. The van der Waals surface area contributed by atoms with Gasteiger partial charge in [0.2, 0.25) is 0 Å². The Bertz CT molecular complexity index is 574. The molecule has 0 aromatic carbocycles. The van der Waals surface area contributed by atoms with Crippen molar-refractivity contribution >= 4 is 17.0 Å². The minimum atomic E-state index is 0.0790. The van der Waals surface area contributed by atoms with E-state index in [9.17, 15) is 0 Å². The maximum Gasteiger partial charge on any atom is 0.165 e. The quantitative estimate of drug-likeness (QED) is 0.705. The molecular weight excluding hydrogens is 206 g/mol. The van der Waals surface area contributed by atoms with Crippen molar-refractivity contribution in [3.8, 4) is 0 Å². The molecule has 0 saturated heterocycles. The van der Waals surface area contributed by atoms with Gasteiger partial charge in [0.1, 0.15) is 11.8 Å². The molecule has 0 spiro atoms. The molecule has 16 heavy (non-hydrogen) atoms. The highest BCUT2D eigenvalue weighted by Crippen LogP contribution is 2.43. The van der Waals surface area contributed by atoms with Crippen LogP contribution in [0, 0.1) is 0 Å². The topological polar surface area (TPSA) is 89.9 Å². The lowest BCUT2D eigenvalue weighted by atomic mass is 10.4. The first-order valence-corrected chi connectivity index (χ1v) is 5.04. The average molecular weight is 217 g/mol. The highest BCUT2D eigenvalue weighted by Gasteiger charge is 2.32. The van der Waals surface area contributed by atoms with Gasteiger partial charge < -0.3 is 15.4 Å². The zero-order chi connectivity index (χ0) is 11.1. The van der Waals surface area contributed by atoms with Gasteiger partial charge in [-0.15, -0.1) is 0 Å². The summed E-state index contributed by atoms with van der Waals surface area (Å²) in [6, 6.07) is 0.270. The van der Waals surface area contributed by atoms with Gasteiger partial charge in [-0.05, 0) is 12.0 Å². The summed E-state index contributed by atoms with van der Waals surface area (Å²) in [4.78, 5) is 12.3. The molecule has 0 unspecified atom stereocenters. The van der Waals surface area contributed by atoms with E-state index in [2.05, 4.69) is 15.0 Å². The zero-order valence-corrected chi connectivity index (χ0v) is 8.54. The van der Waals surface area contributed by atoms with Crippen LogP contribution in [0.3, 0.4) is 0 Å². The number of hydrogen-bond donors (Lipinski definition) is 2. The molecule has 3 N–H and O–H groups in total. The van der Waals surface area contributed by atoms with Crippen molar-refractivity contribution < 1.29 is 5.11 Å². The molecule has 0 amide bonds. The van der Waals surface area contributed by atoms with Crippen LogP contribution in [0.25, 0.3) is 11.2 Å². The van der Waals surface area contributed by atoms with Gasteiger partial charge in [0, 0.05) is 0 Å². The van der Waals surface area contributed by atoms with Crippen LogP contribution in [-0.2, 0) is 0 Å². The average Bonchev–Trinajstić information content (AvgIpc) is 2.89. The molecule has 1 fully saturated rings. The number of aliphatic hydroxyl groups excluding tert-OH is 1. The minimum Gasteiger partial charge on any atom is -0.392 e. The van der Waals surface area contributed by atoms with Crippen molar-refractivity contribution in [1.29, 1.82) is 0 Å². The lowest BCUT2D eigenvalue weighted by molar-refractivity contribution is 0.342. The SMILES string of the molecule is Nc1ncnc2c1ncn2[C@H]1C/C1=C\CO. The van der Waals surface area contributed by atoms with E-state index in [1.165, 1.54) is 11.9 Å². The van der Waals surface area contributed by atoms with Gasteiger partial charge in [-0.1, -0.05) is 6.08 Å². The highest BCUT2D eigenvalue weighted by molar-refractivity contribution is 5.81. The number of aromatic nitrogens is 4. The van der Waals surface area contributed by atoms with Crippen LogP contribution in [0.15, 0.2) is 24.3 Å². The Hall–Kier alpha value is -1.95. The predicted octanol–water partition coefficient (Wildman–Crippen LogP) is 0.272. The summed E-state index contributed by atoms with van der Waals surface area (Å²) in [6.45, 7) is 0.0790. The van der Waals surface area contributed by atoms with E-state index >= 15 is 0 Å². The van der Waals surface area contributed by atoms with Gasteiger partial charge >= 0.3 is 0 Å². The van der Waals surface area contributed by atoms with Crippen LogP contribution >= 0.6 is 0 Å². The number of rotatable bonds is 2. The first-order chi connectivity index (χ1) is 7.81. The van der Waals surface area contributed by atoms with Crippen LogP contribution in [-0.4, -0.2) is 31.2 Å². The Morgan fingerprint density at radius 3 is 3.19 bits per heavy atom. The zero-order valence-electron chi connectivity index (χ0n) is 8.54. The number of nitrogens with zero attached hydrogens (tertiary/aromatic N) is 4. The van der Waals surface area contributed by atoms with E-state index in [0.717, 1.165) is 12.1 Å². The molecule has 82 valence electrons. The molecule has 2 aromatic heterocycles. The first kappa shape index (κ1) is 9.29. The van der Waals surface area contributed by atoms with Crippen molar-refractivity contribution in [2.75, 3.05) is 12.3 Å². The van der Waals surface area contributed by atoms with Crippen LogP contribution in [0.5, 0.6) is 0 Å². The van der Waals surface area contributed by atoms with Crippen molar-refractivity contribution in [1.82, 2.24) is 19.5 Å². The fourth-order valence-electron chi connectivity index (χ4n) is 1.88. The van der Waals surface area contributed by atoms with Gasteiger partial charge in [0.15, 0.2) is 11.5 Å². The Morgan fingerprint density at radius 1 is 1.50 bits per heavy atom. The Balaban J connectivity index is 2.07. The van der Waals surface area contributed by atoms with E-state index < -0.39 is 0 Å². The van der Waals surface area contributed by atoms with Crippen molar-refractivity contribution in [3.05, 3.63) is 24.3 Å². The number of anilines is 1. The molecule has 1 saturated carbocycles. The third kappa shape index (κ3) is 1.27. The predicted molar refractivity (Wildman–Crippen MR) is 58.6 cm³/mol. The Labute approximate surface area is 91.5 Å². The van der Waals surface area contributed by atoms with E-state index in [4.69, 9.17) is 10.8 Å². The normalized spacial score (nSPS) is 21.8. The second-order valence-corrected chi connectivity index (χ2v) is 3.76. The maximum absolute atomic E-state index is 8.80. The monoisotopic (exact) mass is 217 g/mol. The molecule has 6 heteroatoms. The summed E-state index contributed by atoms with van der Waals surface area (Å²) < 4.78 is 1.97. The lowest BCUT2D eigenvalue weighted by Gasteiger charge is -1.99. The van der Waals surface area contributed by atoms with Crippen molar-refractivity contribution in [2.24, 2.45) is 0 Å². The van der Waals surface area contributed by atoms with E-state index in [0.29, 0.717) is 11.3 Å². The smallest absolute Gasteiger partial charge is 0.165 e. The number of hydrogen-bond acceptors (Lipinski definition) is 5. The number of nitrogen functional groups attached to an aromatic ring is 1. The van der Waals surface area contributed by atoms with Gasteiger partial charge in [0.25, 0.3) is 0 Å². The van der Waals surface area contributed by atoms with Crippen LogP contribution in [0.1, 0.15) is 12.5 Å². The fraction of sp³-hybridized carbons (Fsp3) is 0.300. The van der Waals surface area contributed by atoms with Gasteiger partial charge in [0.05, 0.1) is 19.0 Å². The number of nitrogens with two attached hydrogens (primary N) is 1. The largest absolute Gasteiger partial charge is 0.392 e. The van der Waals surface area contributed by atoms with Gasteiger partial charge in [-0.25, -0.2) is 15.0 Å². The summed E-state index contributed by atoms with van der Waals surface area (Å²) in [7, 11) is 0.